The summed E-state index contributed by atoms with van der Waals surface area (Å²) in [6.45, 7) is 4.49. The van der Waals surface area contributed by atoms with E-state index in [1.54, 1.807) is 5.56 Å². The van der Waals surface area contributed by atoms with Gasteiger partial charge in [0.05, 0.1) is 0 Å². The second-order valence-electron chi connectivity index (χ2n) is 10.4. The van der Waals surface area contributed by atoms with E-state index in [0.29, 0.717) is 5.92 Å². The average Bonchev–Trinajstić information content (AvgIpc) is 2.90. The standard InChI is InChI=1S/C34H42/c1-3-4-6-9-28-12-14-29(15-13-28)16-17-30-18-22-33(23-19-30)34-24-20-31(21-25-34)26-27(2)32-10-7-5-8-11-32/h3-5,7-8,10-15,18-19,22-23,27,31,34H,6,9,16-17,20-21,24-26H2,1-2H3/b4-3+/t27-,31?,34?/m1/s1. The van der Waals surface area contributed by atoms with Crippen molar-refractivity contribution in [3.05, 3.63) is 119 Å². The predicted molar refractivity (Wildman–Crippen MR) is 148 cm³/mol. The van der Waals surface area contributed by atoms with Gasteiger partial charge < -0.3 is 0 Å². The lowest BCUT2D eigenvalue weighted by molar-refractivity contribution is 0.297. The number of hydrogen-bond donors (Lipinski definition) is 0. The van der Waals surface area contributed by atoms with Crippen LogP contribution in [0.2, 0.25) is 0 Å². The van der Waals surface area contributed by atoms with Gasteiger partial charge in [0.25, 0.3) is 0 Å². The Morgan fingerprint density at radius 2 is 1.26 bits per heavy atom. The second-order valence-corrected chi connectivity index (χ2v) is 10.4. The largest absolute Gasteiger partial charge is 0.0917 e. The molecular weight excluding hydrogens is 408 g/mol. The van der Waals surface area contributed by atoms with E-state index in [-0.39, 0.29) is 0 Å². The first-order valence-corrected chi connectivity index (χ1v) is 13.5. The van der Waals surface area contributed by atoms with Crippen molar-refractivity contribution in [1.29, 1.82) is 0 Å². The van der Waals surface area contributed by atoms with Crippen LogP contribution >= 0.6 is 0 Å². The summed E-state index contributed by atoms with van der Waals surface area (Å²) in [5.74, 6) is 2.32. The SMILES string of the molecule is C/C=C/CCc1ccc(CCc2ccc(C3CCC(C[C@@H](C)c4ccccc4)CC3)cc2)cc1. The summed E-state index contributed by atoms with van der Waals surface area (Å²) in [6.07, 6.45) is 15.7. The van der Waals surface area contributed by atoms with Crippen molar-refractivity contribution in [1.82, 2.24) is 0 Å². The molecule has 0 amide bonds. The summed E-state index contributed by atoms with van der Waals surface area (Å²) in [4.78, 5) is 0. The van der Waals surface area contributed by atoms with Crippen LogP contribution in [0, 0.1) is 5.92 Å². The molecule has 4 rings (SSSR count). The number of rotatable bonds is 10. The molecule has 0 nitrogen and oxygen atoms in total. The van der Waals surface area contributed by atoms with Gasteiger partial charge in [0.2, 0.25) is 0 Å². The molecule has 0 saturated heterocycles. The molecule has 3 aromatic carbocycles. The van der Waals surface area contributed by atoms with Gasteiger partial charge in [0.1, 0.15) is 0 Å². The van der Waals surface area contributed by atoms with Gasteiger partial charge in [-0.15, -0.1) is 0 Å². The molecule has 0 heteroatoms. The minimum Gasteiger partial charge on any atom is -0.0917 e. The maximum atomic E-state index is 2.41. The Morgan fingerprint density at radius 1 is 0.706 bits per heavy atom. The molecule has 0 unspecified atom stereocenters. The maximum Gasteiger partial charge on any atom is -0.0162 e. The summed E-state index contributed by atoms with van der Waals surface area (Å²) in [5.41, 5.74) is 7.41. The highest BCUT2D eigenvalue weighted by atomic mass is 14.3. The Hall–Kier alpha value is -2.60. The number of hydrogen-bond acceptors (Lipinski definition) is 0. The number of aryl methyl sites for hydroxylation is 3. The highest BCUT2D eigenvalue weighted by Crippen LogP contribution is 2.39. The van der Waals surface area contributed by atoms with Crippen LogP contribution in [0.4, 0.5) is 0 Å². The van der Waals surface area contributed by atoms with Gasteiger partial charge in [0, 0.05) is 0 Å². The monoisotopic (exact) mass is 450 g/mol. The quantitative estimate of drug-likeness (QED) is 0.270. The zero-order valence-corrected chi connectivity index (χ0v) is 21.3. The number of benzene rings is 3. The molecule has 178 valence electrons. The highest BCUT2D eigenvalue weighted by molar-refractivity contribution is 5.28. The van der Waals surface area contributed by atoms with Crippen LogP contribution in [-0.2, 0) is 19.3 Å². The Labute approximate surface area is 208 Å². The third-order valence-electron chi connectivity index (χ3n) is 7.91. The van der Waals surface area contributed by atoms with Gasteiger partial charge >= 0.3 is 0 Å². The van der Waals surface area contributed by atoms with Crippen LogP contribution in [0.1, 0.15) is 92.0 Å². The predicted octanol–water partition coefficient (Wildman–Crippen LogP) is 9.45. The molecule has 1 atom stereocenters. The van der Waals surface area contributed by atoms with Gasteiger partial charge in [-0.3, -0.25) is 0 Å². The van der Waals surface area contributed by atoms with E-state index < -0.39 is 0 Å². The minimum absolute atomic E-state index is 0.677. The van der Waals surface area contributed by atoms with Crippen LogP contribution in [-0.4, -0.2) is 0 Å². The van der Waals surface area contributed by atoms with Crippen LogP contribution in [0.15, 0.2) is 91.0 Å². The lowest BCUT2D eigenvalue weighted by atomic mass is 9.75. The van der Waals surface area contributed by atoms with E-state index in [2.05, 4.69) is 105 Å². The zero-order valence-electron chi connectivity index (χ0n) is 21.3. The van der Waals surface area contributed by atoms with Crippen molar-refractivity contribution < 1.29 is 0 Å². The first-order valence-electron chi connectivity index (χ1n) is 13.5. The zero-order chi connectivity index (χ0) is 23.6. The molecule has 1 aliphatic rings. The average molecular weight is 451 g/mol. The first-order chi connectivity index (χ1) is 16.7. The maximum absolute atomic E-state index is 2.41. The lowest BCUT2D eigenvalue weighted by Crippen LogP contribution is -2.15. The fourth-order valence-electron chi connectivity index (χ4n) is 5.68. The summed E-state index contributed by atoms with van der Waals surface area (Å²) < 4.78 is 0. The van der Waals surface area contributed by atoms with E-state index in [0.717, 1.165) is 37.5 Å². The Bertz CT molecular complexity index is 986. The topological polar surface area (TPSA) is 0 Å². The van der Waals surface area contributed by atoms with Crippen LogP contribution in [0.5, 0.6) is 0 Å². The second kappa shape index (κ2) is 12.7. The summed E-state index contributed by atoms with van der Waals surface area (Å²) in [7, 11) is 0. The summed E-state index contributed by atoms with van der Waals surface area (Å²) >= 11 is 0. The molecule has 0 heterocycles. The Balaban J connectivity index is 1.21. The number of allylic oxidation sites excluding steroid dienone is 2. The van der Waals surface area contributed by atoms with E-state index in [9.17, 15) is 0 Å². The van der Waals surface area contributed by atoms with Gasteiger partial charge in [-0.05, 0) is 110 Å². The molecule has 0 N–H and O–H groups in total. The van der Waals surface area contributed by atoms with E-state index in [4.69, 9.17) is 0 Å². The Morgan fingerprint density at radius 3 is 1.85 bits per heavy atom. The normalized spacial score (nSPS) is 19.4. The molecule has 0 bridgehead atoms. The molecule has 34 heavy (non-hydrogen) atoms. The molecule has 1 fully saturated rings. The summed E-state index contributed by atoms with van der Waals surface area (Å²) in [6, 6.07) is 29.9. The van der Waals surface area contributed by atoms with Gasteiger partial charge in [0.15, 0.2) is 0 Å². The van der Waals surface area contributed by atoms with Crippen molar-refractivity contribution in [3.8, 4) is 0 Å². The molecule has 0 aliphatic heterocycles. The van der Waals surface area contributed by atoms with Crippen molar-refractivity contribution in [2.24, 2.45) is 5.92 Å². The van der Waals surface area contributed by atoms with Crippen molar-refractivity contribution in [3.63, 3.8) is 0 Å². The van der Waals surface area contributed by atoms with Crippen molar-refractivity contribution in [2.75, 3.05) is 0 Å². The third-order valence-corrected chi connectivity index (χ3v) is 7.91. The smallest absolute Gasteiger partial charge is 0.0162 e. The third kappa shape index (κ3) is 7.20. The van der Waals surface area contributed by atoms with E-state index in [1.165, 1.54) is 54.4 Å². The molecular formula is C34H42. The molecule has 0 spiro atoms. The van der Waals surface area contributed by atoms with Crippen LogP contribution < -0.4 is 0 Å². The van der Waals surface area contributed by atoms with Gasteiger partial charge in [-0.1, -0.05) is 97.9 Å². The van der Waals surface area contributed by atoms with Gasteiger partial charge in [-0.25, -0.2) is 0 Å². The molecule has 1 saturated carbocycles. The fraction of sp³-hybridized carbons (Fsp3) is 0.412. The molecule has 3 aromatic rings. The first kappa shape index (κ1) is 24.5. The van der Waals surface area contributed by atoms with E-state index >= 15 is 0 Å². The van der Waals surface area contributed by atoms with Crippen molar-refractivity contribution in [2.45, 2.75) is 83.5 Å². The van der Waals surface area contributed by atoms with Crippen LogP contribution in [0.3, 0.4) is 0 Å². The molecule has 0 radical (unpaired) electrons. The summed E-state index contributed by atoms with van der Waals surface area (Å²) in [5, 5.41) is 0. The molecule has 0 aromatic heterocycles. The lowest BCUT2D eigenvalue weighted by Gasteiger charge is -2.30. The highest BCUT2D eigenvalue weighted by Gasteiger charge is 2.24. The van der Waals surface area contributed by atoms with Crippen molar-refractivity contribution >= 4 is 0 Å². The van der Waals surface area contributed by atoms with E-state index in [1.807, 2.05) is 0 Å². The Kier molecular flexibility index (Phi) is 9.19. The minimum atomic E-state index is 0.677. The molecule has 1 aliphatic carbocycles. The fourth-order valence-corrected chi connectivity index (χ4v) is 5.68. The van der Waals surface area contributed by atoms with Crippen LogP contribution in [0.25, 0.3) is 0 Å². The van der Waals surface area contributed by atoms with Gasteiger partial charge in [-0.2, -0.15) is 0 Å².